The van der Waals surface area contributed by atoms with Crippen LogP contribution in [0.15, 0.2) is 0 Å². The molecule has 1 unspecified atom stereocenters. The summed E-state index contributed by atoms with van der Waals surface area (Å²) in [6.07, 6.45) is 1.23. The first-order valence-electron chi connectivity index (χ1n) is 3.77. The van der Waals surface area contributed by atoms with Crippen molar-refractivity contribution in [3.05, 3.63) is 0 Å². The van der Waals surface area contributed by atoms with Gasteiger partial charge in [-0.05, 0) is 6.42 Å². The van der Waals surface area contributed by atoms with Crippen LogP contribution in [0.5, 0.6) is 0 Å². The summed E-state index contributed by atoms with van der Waals surface area (Å²) in [4.78, 5) is 20.9. The summed E-state index contributed by atoms with van der Waals surface area (Å²) in [5.41, 5.74) is 0. The zero-order valence-electron chi connectivity index (χ0n) is 7.00. The molecule has 0 rings (SSSR count). The Labute approximate surface area is 61.8 Å². The summed E-state index contributed by atoms with van der Waals surface area (Å²) in [5, 5.41) is 0. The van der Waals surface area contributed by atoms with E-state index in [4.69, 9.17) is 1.37 Å². The van der Waals surface area contributed by atoms with Gasteiger partial charge in [0.05, 0.1) is 13.0 Å². The molecule has 3 nitrogen and oxygen atoms in total. The highest BCUT2D eigenvalue weighted by molar-refractivity contribution is 5.75. The quantitative estimate of drug-likeness (QED) is 0.433. The van der Waals surface area contributed by atoms with Crippen molar-refractivity contribution in [1.82, 2.24) is 0 Å². The zero-order valence-corrected chi connectivity index (χ0v) is 6.00. The fourth-order valence-corrected chi connectivity index (χ4v) is 0.615. The summed E-state index contributed by atoms with van der Waals surface area (Å²) >= 11 is 0. The van der Waals surface area contributed by atoms with Gasteiger partial charge in [0, 0.05) is 7.79 Å². The van der Waals surface area contributed by atoms with Gasteiger partial charge in [-0.15, -0.1) is 0 Å². The predicted molar refractivity (Wildman–Crippen MR) is 36.5 cm³/mol. The minimum absolute atomic E-state index is 0.146. The van der Waals surface area contributed by atoms with Gasteiger partial charge in [0.15, 0.2) is 0 Å². The first-order valence-corrected chi connectivity index (χ1v) is 3.07. The lowest BCUT2D eigenvalue weighted by Crippen LogP contribution is -2.15. The van der Waals surface area contributed by atoms with E-state index in [1.165, 1.54) is 7.11 Å². The second kappa shape index (κ2) is 4.97. The second-order valence-corrected chi connectivity index (χ2v) is 1.91. The summed E-state index contributed by atoms with van der Waals surface area (Å²) < 4.78 is 11.3. The molecule has 0 aliphatic carbocycles. The van der Waals surface area contributed by atoms with Gasteiger partial charge in [0.1, 0.15) is 6.29 Å². The fourth-order valence-electron chi connectivity index (χ4n) is 0.615. The number of carbonyl (C=O) groups excluding carboxylic acids is 2. The van der Waals surface area contributed by atoms with Gasteiger partial charge in [0.2, 0.25) is 0 Å². The number of esters is 1. The molecule has 0 saturated heterocycles. The second-order valence-electron chi connectivity index (χ2n) is 1.91. The molecule has 0 fully saturated rings. The lowest BCUT2D eigenvalue weighted by molar-refractivity contribution is -0.146. The third-order valence-corrected chi connectivity index (χ3v) is 1.26. The topological polar surface area (TPSA) is 43.4 Å². The monoisotopic (exact) mass is 145 g/mol. The molecule has 3 heteroatoms. The summed E-state index contributed by atoms with van der Waals surface area (Å²) in [6.45, 7) is 0.146. The number of carbonyl (C=O) groups is 2. The Morgan fingerprint density at radius 2 is 2.60 bits per heavy atom. The average Bonchev–Trinajstić information content (AvgIpc) is 2.03. The Bertz CT molecular complexity index is 136. The average molecular weight is 145 g/mol. The molecule has 0 spiro atoms. The maximum Gasteiger partial charge on any atom is 0.309 e. The summed E-state index contributed by atoms with van der Waals surface area (Å²) in [6, 6.07) is 0. The van der Waals surface area contributed by atoms with Crippen molar-refractivity contribution in [2.45, 2.75) is 19.7 Å². The smallest absolute Gasteiger partial charge is 0.309 e. The Morgan fingerprint density at radius 1 is 1.90 bits per heavy atom. The van der Waals surface area contributed by atoms with Crippen molar-refractivity contribution in [3.63, 3.8) is 0 Å². The van der Waals surface area contributed by atoms with Gasteiger partial charge >= 0.3 is 5.97 Å². The van der Waals surface area contributed by atoms with Gasteiger partial charge in [0.25, 0.3) is 0 Å². The first kappa shape index (κ1) is 7.25. The molecule has 0 aliphatic rings. The molecule has 58 valence electrons. The SMILES string of the molecule is [2H]CCC(CC=O)C(=O)OC. The van der Waals surface area contributed by atoms with Gasteiger partial charge in [-0.1, -0.05) is 6.90 Å². The summed E-state index contributed by atoms with van der Waals surface area (Å²) in [5.74, 6) is -0.820. The predicted octanol–water partition coefficient (Wildman–Crippen LogP) is 0.775. The number of hydrogen-bond acceptors (Lipinski definition) is 3. The molecule has 0 radical (unpaired) electrons. The third kappa shape index (κ3) is 2.62. The number of methoxy groups -OCH3 is 1. The Kier molecular flexibility index (Phi) is 3.60. The standard InChI is InChI=1S/C7H12O3/c1-3-6(4-5-8)7(9)10-2/h5-6H,3-4H2,1-2H3/i1D. The highest BCUT2D eigenvalue weighted by atomic mass is 16.5. The van der Waals surface area contributed by atoms with Gasteiger partial charge in [-0.25, -0.2) is 0 Å². The molecule has 0 N–H and O–H groups in total. The van der Waals surface area contributed by atoms with Crippen LogP contribution in [-0.4, -0.2) is 19.4 Å². The van der Waals surface area contributed by atoms with Crippen LogP contribution < -0.4 is 0 Å². The van der Waals surface area contributed by atoms with Crippen molar-refractivity contribution in [2.24, 2.45) is 5.92 Å². The molecule has 0 bridgehead atoms. The highest BCUT2D eigenvalue weighted by Gasteiger charge is 2.15. The van der Waals surface area contributed by atoms with E-state index in [-0.39, 0.29) is 13.3 Å². The van der Waals surface area contributed by atoms with E-state index in [2.05, 4.69) is 4.74 Å². The molecule has 1 atom stereocenters. The van der Waals surface area contributed by atoms with E-state index in [0.29, 0.717) is 12.7 Å². The van der Waals surface area contributed by atoms with Crippen LogP contribution >= 0.6 is 0 Å². The van der Waals surface area contributed by atoms with E-state index in [1.54, 1.807) is 0 Å². The lowest BCUT2D eigenvalue weighted by Gasteiger charge is -2.06. The molecule has 10 heavy (non-hydrogen) atoms. The van der Waals surface area contributed by atoms with Crippen LogP contribution in [0.25, 0.3) is 0 Å². The fraction of sp³-hybridized carbons (Fsp3) is 0.714. The van der Waals surface area contributed by atoms with Crippen LogP contribution in [-0.2, 0) is 14.3 Å². The number of hydrogen-bond donors (Lipinski definition) is 0. The van der Waals surface area contributed by atoms with Crippen molar-refractivity contribution in [3.8, 4) is 0 Å². The van der Waals surface area contributed by atoms with Crippen molar-refractivity contribution in [2.75, 3.05) is 7.11 Å². The molecular formula is C7H12O3. The van der Waals surface area contributed by atoms with Crippen LogP contribution in [0.3, 0.4) is 0 Å². The molecule has 0 amide bonds. The molecule has 0 saturated carbocycles. The Hall–Kier alpha value is -0.860. The van der Waals surface area contributed by atoms with E-state index in [0.717, 1.165) is 0 Å². The molecule has 0 aromatic rings. The molecule has 0 aromatic heterocycles. The lowest BCUT2D eigenvalue weighted by atomic mass is 10.0. The van der Waals surface area contributed by atoms with Gasteiger partial charge < -0.3 is 9.53 Å². The molecule has 0 aliphatic heterocycles. The van der Waals surface area contributed by atoms with Crippen LogP contribution in [0, 0.1) is 5.92 Å². The molecule has 0 aromatic carbocycles. The minimum atomic E-state index is -0.421. The normalized spacial score (nSPS) is 13.5. The van der Waals surface area contributed by atoms with Crippen molar-refractivity contribution in [1.29, 1.82) is 0 Å². The molecule has 0 heterocycles. The Morgan fingerprint density at radius 3 is 3.00 bits per heavy atom. The number of aldehydes is 1. The van der Waals surface area contributed by atoms with E-state index >= 15 is 0 Å². The Balaban J connectivity index is 3.86. The van der Waals surface area contributed by atoms with E-state index in [9.17, 15) is 9.59 Å². The van der Waals surface area contributed by atoms with Crippen LogP contribution in [0.4, 0.5) is 0 Å². The van der Waals surface area contributed by atoms with E-state index in [1.807, 2.05) is 0 Å². The van der Waals surface area contributed by atoms with E-state index < -0.39 is 11.9 Å². The minimum Gasteiger partial charge on any atom is -0.469 e. The molecular weight excluding hydrogens is 132 g/mol. The van der Waals surface area contributed by atoms with Gasteiger partial charge in [-0.3, -0.25) is 4.79 Å². The first-order chi connectivity index (χ1) is 5.26. The van der Waals surface area contributed by atoms with Crippen LogP contribution in [0.1, 0.15) is 21.1 Å². The highest BCUT2D eigenvalue weighted by Crippen LogP contribution is 2.07. The summed E-state index contributed by atoms with van der Waals surface area (Å²) in [7, 11) is 1.28. The maximum absolute atomic E-state index is 10.8. The van der Waals surface area contributed by atoms with Gasteiger partial charge in [-0.2, -0.15) is 0 Å². The zero-order chi connectivity index (χ0) is 8.69. The van der Waals surface area contributed by atoms with Crippen LogP contribution in [0.2, 0.25) is 0 Å². The number of ether oxygens (including phenoxy) is 1. The maximum atomic E-state index is 10.8. The van der Waals surface area contributed by atoms with Crippen molar-refractivity contribution >= 4 is 12.3 Å². The number of rotatable bonds is 4. The van der Waals surface area contributed by atoms with Crippen molar-refractivity contribution < 1.29 is 15.7 Å². The third-order valence-electron chi connectivity index (χ3n) is 1.26. The largest absolute Gasteiger partial charge is 0.469 e.